The molecule has 1 heterocycles. The van der Waals surface area contributed by atoms with E-state index >= 15 is 0 Å². The summed E-state index contributed by atoms with van der Waals surface area (Å²) < 4.78 is 0.883. The summed E-state index contributed by atoms with van der Waals surface area (Å²) in [5.74, 6) is 0.207. The van der Waals surface area contributed by atoms with Crippen LogP contribution < -0.4 is 10.9 Å². The van der Waals surface area contributed by atoms with E-state index in [0.717, 1.165) is 15.7 Å². The molecule has 1 aromatic rings. The molecule has 0 saturated heterocycles. The van der Waals surface area contributed by atoms with Gasteiger partial charge >= 0.3 is 0 Å². The zero-order valence-electron chi connectivity index (χ0n) is 11.1. The molecule has 1 atom stereocenters. The summed E-state index contributed by atoms with van der Waals surface area (Å²) in [5, 5.41) is 2.85. The molecule has 0 unspecified atom stereocenters. The second-order valence-electron chi connectivity index (χ2n) is 4.99. The van der Waals surface area contributed by atoms with E-state index in [1.54, 1.807) is 6.07 Å². The molecule has 1 rings (SSSR count). The Morgan fingerprint density at radius 1 is 1.44 bits per heavy atom. The molecule has 0 fully saturated rings. The van der Waals surface area contributed by atoms with Crippen molar-refractivity contribution in [1.82, 2.24) is 10.3 Å². The molecule has 0 aromatic carbocycles. The van der Waals surface area contributed by atoms with Gasteiger partial charge in [-0.3, -0.25) is 9.59 Å². The number of carbonyl (C=O) groups excluding carboxylic acids is 1. The number of hydrogen-bond acceptors (Lipinski definition) is 2. The lowest BCUT2D eigenvalue weighted by molar-refractivity contribution is 0.0934. The zero-order valence-corrected chi connectivity index (χ0v) is 13.3. The minimum absolute atomic E-state index is 0.0656. The van der Waals surface area contributed by atoms with Gasteiger partial charge in [-0.25, -0.2) is 0 Å². The van der Waals surface area contributed by atoms with Gasteiger partial charge in [0.2, 0.25) is 0 Å². The summed E-state index contributed by atoms with van der Waals surface area (Å²) in [7, 11) is 0. The van der Waals surface area contributed by atoms with Crippen molar-refractivity contribution >= 4 is 28.5 Å². The lowest BCUT2D eigenvalue weighted by Gasteiger charge is -2.15. The normalized spacial score (nSPS) is 12.6. The molecule has 0 spiro atoms. The van der Waals surface area contributed by atoms with E-state index in [9.17, 15) is 9.59 Å². The van der Waals surface area contributed by atoms with Gasteiger partial charge in [0, 0.05) is 15.3 Å². The molecule has 18 heavy (non-hydrogen) atoms. The van der Waals surface area contributed by atoms with Gasteiger partial charge in [-0.1, -0.05) is 13.8 Å². The van der Waals surface area contributed by atoms with Gasteiger partial charge in [-0.15, -0.1) is 0 Å². The molecule has 1 amide bonds. The maximum Gasteiger partial charge on any atom is 0.261 e. The molecule has 2 N–H and O–H groups in total. The number of halogens is 1. The first-order chi connectivity index (χ1) is 8.31. The van der Waals surface area contributed by atoms with Crippen molar-refractivity contribution < 1.29 is 4.79 Å². The number of pyridine rings is 1. The minimum Gasteiger partial charge on any atom is -0.349 e. The second-order valence-corrected chi connectivity index (χ2v) is 6.15. The molecule has 0 radical (unpaired) electrons. The van der Waals surface area contributed by atoms with E-state index in [4.69, 9.17) is 0 Å². The molecule has 0 saturated carbocycles. The largest absolute Gasteiger partial charge is 0.349 e. The van der Waals surface area contributed by atoms with Crippen LogP contribution >= 0.6 is 22.6 Å². The topological polar surface area (TPSA) is 62.0 Å². The van der Waals surface area contributed by atoms with Crippen molar-refractivity contribution in [2.24, 2.45) is 5.92 Å². The summed E-state index contributed by atoms with van der Waals surface area (Å²) >= 11 is 2.10. The van der Waals surface area contributed by atoms with Crippen molar-refractivity contribution in [3.8, 4) is 0 Å². The monoisotopic (exact) mass is 362 g/mol. The van der Waals surface area contributed by atoms with Gasteiger partial charge in [-0.05, 0) is 54.8 Å². The molecular weight excluding hydrogens is 343 g/mol. The predicted molar refractivity (Wildman–Crippen MR) is 80.9 cm³/mol. The van der Waals surface area contributed by atoms with E-state index < -0.39 is 0 Å². The lowest BCUT2D eigenvalue weighted by Crippen LogP contribution is -2.36. The Morgan fingerprint density at radius 2 is 2.06 bits per heavy atom. The van der Waals surface area contributed by atoms with Crippen LogP contribution in [-0.4, -0.2) is 16.9 Å². The van der Waals surface area contributed by atoms with Gasteiger partial charge in [-0.2, -0.15) is 0 Å². The van der Waals surface area contributed by atoms with E-state index in [2.05, 4.69) is 46.7 Å². The van der Waals surface area contributed by atoms with Crippen molar-refractivity contribution in [2.75, 3.05) is 0 Å². The average molecular weight is 362 g/mol. The number of aromatic amines is 1. The van der Waals surface area contributed by atoms with Gasteiger partial charge < -0.3 is 10.3 Å². The number of carbonyl (C=O) groups is 1. The highest BCUT2D eigenvalue weighted by molar-refractivity contribution is 14.1. The quantitative estimate of drug-likeness (QED) is 0.809. The number of rotatable bonds is 4. The summed E-state index contributed by atoms with van der Waals surface area (Å²) in [4.78, 5) is 26.4. The maximum absolute atomic E-state index is 12.0. The van der Waals surface area contributed by atoms with Crippen LogP contribution in [0.5, 0.6) is 0 Å². The summed E-state index contributed by atoms with van der Waals surface area (Å²) in [5.41, 5.74) is 0.634. The number of H-pyrrole nitrogens is 1. The molecule has 0 bridgehead atoms. The Hall–Kier alpha value is -0.850. The van der Waals surface area contributed by atoms with Crippen LogP contribution in [0.25, 0.3) is 0 Å². The Labute approximate surface area is 121 Å². The molecule has 5 heteroatoms. The third-order valence-corrected chi connectivity index (χ3v) is 3.74. The number of amides is 1. The smallest absolute Gasteiger partial charge is 0.261 e. The second kappa shape index (κ2) is 6.36. The fourth-order valence-electron chi connectivity index (χ4n) is 1.83. The third-order valence-electron chi connectivity index (χ3n) is 2.62. The molecule has 100 valence electrons. The highest BCUT2D eigenvalue weighted by Crippen LogP contribution is 2.09. The van der Waals surface area contributed by atoms with Crippen LogP contribution in [0.15, 0.2) is 10.9 Å². The number of aromatic nitrogens is 1. The van der Waals surface area contributed by atoms with Crippen LogP contribution in [0, 0.1) is 16.4 Å². The fraction of sp³-hybridized carbons (Fsp3) is 0.538. The average Bonchev–Trinajstić information content (AvgIpc) is 2.21. The predicted octanol–water partition coefficient (Wildman–Crippen LogP) is 2.45. The Kier molecular flexibility index (Phi) is 5.37. The van der Waals surface area contributed by atoms with Crippen molar-refractivity contribution in [3.63, 3.8) is 0 Å². The zero-order chi connectivity index (χ0) is 13.9. The van der Waals surface area contributed by atoms with Crippen LogP contribution in [0.3, 0.4) is 0 Å². The molecule has 1 aromatic heterocycles. The van der Waals surface area contributed by atoms with Crippen molar-refractivity contribution in [3.05, 3.63) is 31.2 Å². The van der Waals surface area contributed by atoms with Crippen molar-refractivity contribution in [1.29, 1.82) is 0 Å². The van der Waals surface area contributed by atoms with Crippen LogP contribution in [0.2, 0.25) is 0 Å². The Balaban J connectivity index is 2.85. The van der Waals surface area contributed by atoms with Gasteiger partial charge in [0.15, 0.2) is 0 Å². The van der Waals surface area contributed by atoms with Crippen molar-refractivity contribution in [2.45, 2.75) is 40.2 Å². The number of aryl methyl sites for hydroxylation is 1. The Bertz CT molecular complexity index is 494. The summed E-state index contributed by atoms with van der Waals surface area (Å²) in [6.07, 6.45) is 0.895. The third kappa shape index (κ3) is 4.12. The van der Waals surface area contributed by atoms with E-state index in [1.807, 2.05) is 13.8 Å². The molecular formula is C13H19IN2O2. The van der Waals surface area contributed by atoms with E-state index in [0.29, 0.717) is 5.92 Å². The molecule has 4 nitrogen and oxygen atoms in total. The first-order valence-corrected chi connectivity index (χ1v) is 7.09. The lowest BCUT2D eigenvalue weighted by atomic mass is 10.1. The molecule has 0 aliphatic rings. The molecule has 0 aliphatic heterocycles. The maximum atomic E-state index is 12.0. The van der Waals surface area contributed by atoms with Crippen LogP contribution in [0.1, 0.15) is 43.2 Å². The number of hydrogen-bond donors (Lipinski definition) is 2. The van der Waals surface area contributed by atoms with Crippen LogP contribution in [-0.2, 0) is 0 Å². The van der Waals surface area contributed by atoms with Gasteiger partial charge in [0.1, 0.15) is 5.56 Å². The standard InChI is InChI=1S/C13H19IN2O2/c1-7(2)5-8(3)15-12(17)10-6-11(14)9(4)16-13(10)18/h6-8H,5H2,1-4H3,(H,15,17)(H,16,18)/t8-/m0/s1. The Morgan fingerprint density at radius 3 is 2.61 bits per heavy atom. The first kappa shape index (κ1) is 15.2. The fourth-order valence-corrected chi connectivity index (χ4v) is 2.28. The summed E-state index contributed by atoms with van der Waals surface area (Å²) in [6.45, 7) is 7.96. The first-order valence-electron chi connectivity index (χ1n) is 6.01. The van der Waals surface area contributed by atoms with Gasteiger partial charge in [0.25, 0.3) is 11.5 Å². The summed E-state index contributed by atoms with van der Waals surface area (Å²) in [6, 6.07) is 1.70. The highest BCUT2D eigenvalue weighted by atomic mass is 127. The molecule has 0 aliphatic carbocycles. The van der Waals surface area contributed by atoms with Gasteiger partial charge in [0.05, 0.1) is 0 Å². The van der Waals surface area contributed by atoms with E-state index in [-0.39, 0.29) is 23.1 Å². The highest BCUT2D eigenvalue weighted by Gasteiger charge is 2.15. The number of nitrogens with one attached hydrogen (secondary N) is 2. The van der Waals surface area contributed by atoms with Crippen LogP contribution in [0.4, 0.5) is 0 Å². The van der Waals surface area contributed by atoms with E-state index in [1.165, 1.54) is 0 Å². The SMILES string of the molecule is Cc1[nH]c(=O)c(C(=O)N[C@@H](C)CC(C)C)cc1I. The minimum atomic E-state index is -0.331.